The van der Waals surface area contributed by atoms with Crippen LogP contribution in [0.15, 0.2) is 66.7 Å². The van der Waals surface area contributed by atoms with Crippen LogP contribution in [0.25, 0.3) is 11.1 Å². The van der Waals surface area contributed by atoms with Crippen LogP contribution in [0.3, 0.4) is 0 Å². The van der Waals surface area contributed by atoms with E-state index in [-0.39, 0.29) is 12.0 Å². The van der Waals surface area contributed by atoms with Gasteiger partial charge in [0.25, 0.3) is 11.8 Å². The number of amides is 3. The first-order chi connectivity index (χ1) is 18.2. The highest BCUT2D eigenvalue weighted by Crippen LogP contribution is 2.27. The number of carbonyl (C=O) groups is 4. The maximum Gasteiger partial charge on any atom is 0.289 e. The minimum Gasteiger partial charge on any atom is -0.353 e. The number of halogens is 3. The number of ketones is 1. The molecule has 7 nitrogen and oxygen atoms in total. The van der Waals surface area contributed by atoms with E-state index in [2.05, 4.69) is 16.0 Å². The van der Waals surface area contributed by atoms with Crippen molar-refractivity contribution in [2.45, 2.75) is 31.8 Å². The molecule has 0 aromatic heterocycles. The van der Waals surface area contributed by atoms with Crippen LogP contribution >= 0.6 is 11.6 Å². The van der Waals surface area contributed by atoms with Gasteiger partial charge in [-0.25, -0.2) is 8.78 Å². The van der Waals surface area contributed by atoms with E-state index >= 15 is 0 Å². The largest absolute Gasteiger partial charge is 0.353 e. The van der Waals surface area contributed by atoms with Crippen LogP contribution in [0.1, 0.15) is 29.3 Å². The van der Waals surface area contributed by atoms with Gasteiger partial charge in [-0.1, -0.05) is 54.9 Å². The van der Waals surface area contributed by atoms with Crippen molar-refractivity contribution in [3.8, 4) is 11.1 Å². The van der Waals surface area contributed by atoms with Gasteiger partial charge in [-0.15, -0.1) is 0 Å². The van der Waals surface area contributed by atoms with Gasteiger partial charge in [0.1, 0.15) is 17.7 Å². The zero-order valence-corrected chi connectivity index (χ0v) is 21.4. The second kappa shape index (κ2) is 12.9. The van der Waals surface area contributed by atoms with Crippen LogP contribution in [-0.4, -0.2) is 42.6 Å². The Bertz CT molecular complexity index is 1330. The number of benzene rings is 3. The molecule has 0 bridgehead atoms. The van der Waals surface area contributed by atoms with E-state index in [0.29, 0.717) is 5.02 Å². The molecule has 0 unspecified atom stereocenters. The first kappa shape index (κ1) is 28.5. The number of carbonyl (C=O) groups excluding carboxylic acids is 4. The predicted octanol–water partition coefficient (Wildman–Crippen LogP) is 3.84. The molecule has 0 heterocycles. The van der Waals surface area contributed by atoms with Gasteiger partial charge in [0.15, 0.2) is 0 Å². The summed E-state index contributed by atoms with van der Waals surface area (Å²) in [5, 5.41) is 7.63. The maximum atomic E-state index is 14.4. The number of hydrogen-bond donors (Lipinski definition) is 3. The molecule has 3 aromatic carbocycles. The van der Waals surface area contributed by atoms with Gasteiger partial charge in [0.2, 0.25) is 11.7 Å². The summed E-state index contributed by atoms with van der Waals surface area (Å²) >= 11 is 6.24. The summed E-state index contributed by atoms with van der Waals surface area (Å²) in [4.78, 5) is 50.2. The summed E-state index contributed by atoms with van der Waals surface area (Å²) in [6.07, 6.45) is -0.450. The molecule has 3 aromatic rings. The van der Waals surface area contributed by atoms with E-state index in [9.17, 15) is 28.0 Å². The molecular formula is C28H26ClF2N3O4. The third kappa shape index (κ3) is 6.80. The van der Waals surface area contributed by atoms with Crippen LogP contribution in [0.5, 0.6) is 0 Å². The summed E-state index contributed by atoms with van der Waals surface area (Å²) in [5.41, 5.74) is 1.29. The highest BCUT2D eigenvalue weighted by molar-refractivity contribution is 6.38. The molecule has 3 amide bonds. The summed E-state index contributed by atoms with van der Waals surface area (Å²) in [6.45, 7) is 1.58. The second-order valence-electron chi connectivity index (χ2n) is 8.40. The molecule has 3 rings (SSSR count). The number of rotatable bonds is 10. The predicted molar refractivity (Wildman–Crippen MR) is 139 cm³/mol. The average Bonchev–Trinajstić information content (AvgIpc) is 2.92. The normalized spacial score (nSPS) is 12.2. The molecule has 0 aliphatic heterocycles. The summed E-state index contributed by atoms with van der Waals surface area (Å²) in [7, 11) is 1.27. The lowest BCUT2D eigenvalue weighted by molar-refractivity contribution is -0.140. The van der Waals surface area contributed by atoms with Gasteiger partial charge in [0, 0.05) is 35.2 Å². The first-order valence-electron chi connectivity index (χ1n) is 11.8. The van der Waals surface area contributed by atoms with Crippen LogP contribution < -0.4 is 16.0 Å². The molecule has 0 aliphatic carbocycles. The second-order valence-corrected chi connectivity index (χ2v) is 8.81. The molecule has 2 atom stereocenters. The number of Topliss-reactive ketones (excluding diaryl/α,β-unsaturated/α-hetero) is 1. The van der Waals surface area contributed by atoms with Crippen molar-refractivity contribution in [1.82, 2.24) is 16.0 Å². The highest BCUT2D eigenvalue weighted by Gasteiger charge is 2.30. The molecule has 0 radical (unpaired) electrons. The smallest absolute Gasteiger partial charge is 0.289 e. The SMILES string of the molecule is CC[C@H](NC(=O)[C@H](Cc1c(F)cccc1F)NC(=O)c1ccc(-c2ccccc2Cl)cc1)C(=O)C(=O)NC. The van der Waals surface area contributed by atoms with E-state index in [0.717, 1.165) is 23.3 Å². The minimum atomic E-state index is -1.45. The molecule has 0 spiro atoms. The van der Waals surface area contributed by atoms with Crippen LogP contribution in [0.2, 0.25) is 5.02 Å². The Kier molecular flexibility index (Phi) is 9.67. The van der Waals surface area contributed by atoms with Crippen molar-refractivity contribution in [3.63, 3.8) is 0 Å². The Hall–Kier alpha value is -4.11. The van der Waals surface area contributed by atoms with Crippen LogP contribution in [0.4, 0.5) is 8.78 Å². The zero-order valence-electron chi connectivity index (χ0n) is 20.7. The van der Waals surface area contributed by atoms with E-state index in [1.54, 1.807) is 31.2 Å². The van der Waals surface area contributed by atoms with E-state index in [1.165, 1.54) is 25.2 Å². The van der Waals surface area contributed by atoms with Crippen LogP contribution in [0, 0.1) is 11.6 Å². The maximum absolute atomic E-state index is 14.4. The third-order valence-corrected chi connectivity index (χ3v) is 6.25. The van der Waals surface area contributed by atoms with Crippen molar-refractivity contribution in [2.24, 2.45) is 0 Å². The van der Waals surface area contributed by atoms with Crippen molar-refractivity contribution in [3.05, 3.63) is 94.5 Å². The summed E-state index contributed by atoms with van der Waals surface area (Å²) in [5.74, 6) is -5.14. The molecule has 38 heavy (non-hydrogen) atoms. The molecule has 10 heteroatoms. The van der Waals surface area contributed by atoms with Gasteiger partial charge in [-0.2, -0.15) is 0 Å². The van der Waals surface area contributed by atoms with Crippen molar-refractivity contribution < 1.29 is 28.0 Å². The monoisotopic (exact) mass is 541 g/mol. The number of likely N-dealkylation sites (N-methyl/N-ethyl adjacent to an activating group) is 1. The number of nitrogens with one attached hydrogen (secondary N) is 3. The van der Waals surface area contributed by atoms with E-state index < -0.39 is 59.2 Å². The highest BCUT2D eigenvalue weighted by atomic mass is 35.5. The topological polar surface area (TPSA) is 104 Å². The molecular weight excluding hydrogens is 516 g/mol. The van der Waals surface area contributed by atoms with Gasteiger partial charge in [0.05, 0.1) is 6.04 Å². The van der Waals surface area contributed by atoms with Gasteiger partial charge in [-0.05, 0) is 42.3 Å². The van der Waals surface area contributed by atoms with Crippen LogP contribution in [-0.2, 0) is 20.8 Å². The van der Waals surface area contributed by atoms with Crippen molar-refractivity contribution in [2.75, 3.05) is 7.05 Å². The quantitative estimate of drug-likeness (QED) is 0.339. The third-order valence-electron chi connectivity index (χ3n) is 5.92. The molecule has 0 saturated heterocycles. The van der Waals surface area contributed by atoms with Crippen molar-refractivity contribution >= 4 is 35.1 Å². The van der Waals surface area contributed by atoms with Gasteiger partial charge < -0.3 is 16.0 Å². The standard InChI is InChI=1S/C28H26ClF2N3O4/c1-3-23(25(35)28(38)32-2)33-27(37)24(15-19-21(30)9-6-10-22(19)31)34-26(36)17-13-11-16(12-14-17)18-7-4-5-8-20(18)29/h4-14,23-24H,3,15H2,1-2H3,(H,32,38)(H,33,37)(H,34,36)/t23-,24-/m0/s1. The molecule has 3 N–H and O–H groups in total. The average molecular weight is 542 g/mol. The Morgan fingerprint density at radius 3 is 2.05 bits per heavy atom. The Morgan fingerprint density at radius 1 is 0.842 bits per heavy atom. The Balaban J connectivity index is 1.86. The summed E-state index contributed by atoms with van der Waals surface area (Å²) in [6, 6.07) is 14.2. The Morgan fingerprint density at radius 2 is 1.47 bits per heavy atom. The minimum absolute atomic E-state index is 0.0796. The van der Waals surface area contributed by atoms with E-state index in [1.807, 2.05) is 12.1 Å². The lowest BCUT2D eigenvalue weighted by atomic mass is 10.0. The van der Waals surface area contributed by atoms with E-state index in [4.69, 9.17) is 11.6 Å². The fourth-order valence-electron chi connectivity index (χ4n) is 3.79. The summed E-state index contributed by atoms with van der Waals surface area (Å²) < 4.78 is 28.8. The van der Waals surface area contributed by atoms with Crippen molar-refractivity contribution in [1.29, 1.82) is 0 Å². The molecule has 0 saturated carbocycles. The molecule has 0 aliphatic rings. The van der Waals surface area contributed by atoms with Gasteiger partial charge >= 0.3 is 0 Å². The molecule has 198 valence electrons. The lowest BCUT2D eigenvalue weighted by Crippen LogP contribution is -2.54. The first-order valence-corrected chi connectivity index (χ1v) is 12.2. The zero-order chi connectivity index (χ0) is 27.8. The van der Waals surface area contributed by atoms with Gasteiger partial charge in [-0.3, -0.25) is 19.2 Å². The fourth-order valence-corrected chi connectivity index (χ4v) is 4.03. The Labute approximate surface area is 223 Å². The molecule has 0 fully saturated rings. The lowest BCUT2D eigenvalue weighted by Gasteiger charge is -2.22. The fraction of sp³-hybridized carbons (Fsp3) is 0.214. The number of hydrogen-bond acceptors (Lipinski definition) is 4.